The summed E-state index contributed by atoms with van der Waals surface area (Å²) < 4.78 is 7.25. The van der Waals surface area contributed by atoms with E-state index in [1.54, 1.807) is 11.0 Å². The highest BCUT2D eigenvalue weighted by Crippen LogP contribution is 2.27. The van der Waals surface area contributed by atoms with Gasteiger partial charge in [-0.2, -0.15) is 10.2 Å². The van der Waals surface area contributed by atoms with Gasteiger partial charge < -0.3 is 15.0 Å². The number of hydrogen-bond acceptors (Lipinski definition) is 6. The Morgan fingerprint density at radius 2 is 1.57 bits per heavy atom. The number of anilines is 1. The van der Waals surface area contributed by atoms with Crippen LogP contribution in [-0.2, 0) is 11.3 Å². The first-order chi connectivity index (χ1) is 21.4. The number of aromatic amines is 1. The first kappa shape index (κ1) is 30.5. The Kier molecular flexibility index (Phi) is 9.38. The van der Waals surface area contributed by atoms with Crippen molar-refractivity contribution in [2.24, 2.45) is 5.92 Å². The summed E-state index contributed by atoms with van der Waals surface area (Å²) in [5.41, 5.74) is 3.13. The highest BCUT2D eigenvalue weighted by atomic mass is 16.6. The minimum atomic E-state index is -0.295. The van der Waals surface area contributed by atoms with Crippen molar-refractivity contribution in [3.05, 3.63) is 88.8 Å². The third kappa shape index (κ3) is 6.49. The fourth-order valence-electron chi connectivity index (χ4n) is 5.49. The second kappa shape index (κ2) is 13.5. The third-order valence-electron chi connectivity index (χ3n) is 7.63. The van der Waals surface area contributed by atoms with Gasteiger partial charge in [0.05, 0.1) is 22.7 Å². The van der Waals surface area contributed by atoms with Gasteiger partial charge in [-0.05, 0) is 56.9 Å². The molecule has 2 amide bonds. The average Bonchev–Trinajstić information content (AvgIpc) is 3.41. The number of ether oxygens (including phenoxy) is 1. The average molecular weight is 595 g/mol. The number of hydrogen-bond donors (Lipinski definition) is 2. The van der Waals surface area contributed by atoms with Crippen LogP contribution in [-0.4, -0.2) is 56.1 Å². The molecule has 0 atom stereocenters. The van der Waals surface area contributed by atoms with Crippen molar-refractivity contribution >= 4 is 39.4 Å². The lowest BCUT2D eigenvalue weighted by Gasteiger charge is -2.31. The van der Waals surface area contributed by atoms with E-state index < -0.39 is 0 Å². The van der Waals surface area contributed by atoms with Crippen molar-refractivity contribution in [3.63, 3.8) is 0 Å². The molecule has 1 saturated heterocycles. The summed E-state index contributed by atoms with van der Waals surface area (Å²) in [5, 5.41) is 16.7. The number of fused-ring (bicyclic) bond motifs is 2. The van der Waals surface area contributed by atoms with E-state index in [4.69, 9.17) is 9.84 Å². The summed E-state index contributed by atoms with van der Waals surface area (Å²) in [6.07, 6.45) is 1.29. The topological polar surface area (TPSA) is 122 Å². The molecule has 2 aromatic heterocycles. The smallest absolute Gasteiger partial charge is 0.410 e. The molecule has 10 heteroatoms. The molecule has 0 bridgehead atoms. The lowest BCUT2D eigenvalue weighted by Crippen LogP contribution is -2.40. The van der Waals surface area contributed by atoms with Crippen molar-refractivity contribution in [1.82, 2.24) is 24.9 Å². The first-order valence-corrected chi connectivity index (χ1v) is 15.2. The Hall–Kier alpha value is -4.99. The van der Waals surface area contributed by atoms with Gasteiger partial charge in [0, 0.05) is 41.7 Å². The SMILES string of the molecule is CC.CC(C)OC(=O)N1CCC(Cn2nc(C(=O)Nc3ccc(-c4n[nH]c(=O)c5ccccc45)cc3)c3ccccc32)CC1. The molecule has 0 saturated carbocycles. The summed E-state index contributed by atoms with van der Waals surface area (Å²) in [6.45, 7) is 9.65. The number of nitrogens with zero attached hydrogens (tertiary/aromatic N) is 4. The van der Waals surface area contributed by atoms with E-state index in [0.29, 0.717) is 48.0 Å². The number of H-pyrrole nitrogens is 1. The van der Waals surface area contributed by atoms with Crippen LogP contribution in [0.25, 0.3) is 32.9 Å². The summed E-state index contributed by atoms with van der Waals surface area (Å²) in [6, 6.07) is 22.4. The van der Waals surface area contributed by atoms with Crippen LogP contribution in [0.2, 0.25) is 0 Å². The van der Waals surface area contributed by atoms with E-state index >= 15 is 0 Å². The van der Waals surface area contributed by atoms with Gasteiger partial charge in [-0.25, -0.2) is 9.89 Å². The fraction of sp³-hybridized carbons (Fsp3) is 0.324. The van der Waals surface area contributed by atoms with E-state index in [1.807, 2.05) is 99.1 Å². The Morgan fingerprint density at radius 1 is 0.932 bits per heavy atom. The Labute approximate surface area is 256 Å². The molecular formula is C34H38N6O4. The first-order valence-electron chi connectivity index (χ1n) is 15.2. The minimum Gasteiger partial charge on any atom is -0.447 e. The van der Waals surface area contributed by atoms with E-state index in [1.165, 1.54) is 0 Å². The van der Waals surface area contributed by atoms with Crippen LogP contribution < -0.4 is 10.9 Å². The van der Waals surface area contributed by atoms with Crippen LogP contribution in [0.1, 0.15) is 51.0 Å². The monoisotopic (exact) mass is 594 g/mol. The lowest BCUT2D eigenvalue weighted by molar-refractivity contribution is 0.0639. The second-order valence-electron chi connectivity index (χ2n) is 10.9. The summed E-state index contributed by atoms with van der Waals surface area (Å²) in [4.78, 5) is 39.6. The number of rotatable bonds is 6. The number of benzene rings is 3. The normalized spacial score (nSPS) is 13.5. The number of likely N-dealkylation sites (tertiary alicyclic amines) is 1. The van der Waals surface area contributed by atoms with Gasteiger partial charge in [-0.3, -0.25) is 14.3 Å². The third-order valence-corrected chi connectivity index (χ3v) is 7.63. The van der Waals surface area contributed by atoms with E-state index in [2.05, 4.69) is 15.5 Å². The molecule has 2 N–H and O–H groups in total. The minimum absolute atomic E-state index is 0.138. The molecule has 6 rings (SSSR count). The number of aromatic nitrogens is 4. The molecule has 0 radical (unpaired) electrons. The Morgan fingerprint density at radius 3 is 2.25 bits per heavy atom. The Balaban J connectivity index is 0.00000188. The molecule has 0 unspecified atom stereocenters. The largest absolute Gasteiger partial charge is 0.447 e. The van der Waals surface area contributed by atoms with Crippen molar-refractivity contribution < 1.29 is 14.3 Å². The molecule has 10 nitrogen and oxygen atoms in total. The molecule has 1 aliphatic rings. The highest BCUT2D eigenvalue weighted by molar-refractivity contribution is 6.11. The maximum atomic E-state index is 13.4. The predicted molar refractivity (Wildman–Crippen MR) is 173 cm³/mol. The van der Waals surface area contributed by atoms with Crippen molar-refractivity contribution in [2.75, 3.05) is 18.4 Å². The van der Waals surface area contributed by atoms with Crippen LogP contribution in [0.15, 0.2) is 77.6 Å². The number of piperidine rings is 1. The number of nitrogens with one attached hydrogen (secondary N) is 2. The Bertz CT molecular complexity index is 1820. The number of para-hydroxylation sites is 1. The lowest BCUT2D eigenvalue weighted by atomic mass is 9.97. The molecule has 3 heterocycles. The van der Waals surface area contributed by atoms with E-state index in [-0.39, 0.29) is 23.7 Å². The molecule has 228 valence electrons. The molecule has 3 aromatic carbocycles. The van der Waals surface area contributed by atoms with Crippen molar-refractivity contribution in [3.8, 4) is 11.3 Å². The summed E-state index contributed by atoms with van der Waals surface area (Å²) in [7, 11) is 0. The van der Waals surface area contributed by atoms with Crippen LogP contribution >= 0.6 is 0 Å². The zero-order valence-electron chi connectivity index (χ0n) is 25.5. The number of carbonyl (C=O) groups is 2. The van der Waals surface area contributed by atoms with Gasteiger partial charge in [0.2, 0.25) is 0 Å². The number of amides is 2. The molecule has 44 heavy (non-hydrogen) atoms. The molecular weight excluding hydrogens is 556 g/mol. The molecule has 1 fully saturated rings. The summed E-state index contributed by atoms with van der Waals surface area (Å²) in [5.74, 6) is 0.0362. The van der Waals surface area contributed by atoms with Gasteiger partial charge in [0.15, 0.2) is 5.69 Å². The molecule has 0 spiro atoms. The van der Waals surface area contributed by atoms with Gasteiger partial charge in [-0.1, -0.05) is 62.4 Å². The maximum absolute atomic E-state index is 13.4. The predicted octanol–water partition coefficient (Wildman–Crippen LogP) is 6.48. The van der Waals surface area contributed by atoms with Crippen molar-refractivity contribution in [1.29, 1.82) is 0 Å². The van der Waals surface area contributed by atoms with Crippen LogP contribution in [0.3, 0.4) is 0 Å². The molecule has 1 aliphatic heterocycles. The molecule has 0 aliphatic carbocycles. The van der Waals surface area contributed by atoms with Crippen LogP contribution in [0.4, 0.5) is 10.5 Å². The van der Waals surface area contributed by atoms with Crippen LogP contribution in [0, 0.1) is 5.92 Å². The highest BCUT2D eigenvalue weighted by Gasteiger charge is 2.26. The van der Waals surface area contributed by atoms with Gasteiger partial charge in [-0.15, -0.1) is 0 Å². The number of carbonyl (C=O) groups excluding carboxylic acids is 2. The zero-order chi connectivity index (χ0) is 31.2. The maximum Gasteiger partial charge on any atom is 0.410 e. The van der Waals surface area contributed by atoms with Crippen LogP contribution in [0.5, 0.6) is 0 Å². The van der Waals surface area contributed by atoms with Gasteiger partial charge in [0.1, 0.15) is 0 Å². The standard InChI is InChI=1S/C32H32N6O4.C2H6/c1-20(2)42-32(41)37-17-15-21(16-18-37)19-38-27-10-6-5-9-26(27)29(36-38)31(40)33-23-13-11-22(12-14-23)28-24-7-3-4-8-25(24)30(39)35-34-28;1-2/h3-14,20-21H,15-19H2,1-2H3,(H,33,40)(H,35,39);1-2H3. The summed E-state index contributed by atoms with van der Waals surface area (Å²) >= 11 is 0. The zero-order valence-corrected chi connectivity index (χ0v) is 25.5. The van der Waals surface area contributed by atoms with Gasteiger partial charge in [0.25, 0.3) is 11.5 Å². The second-order valence-corrected chi connectivity index (χ2v) is 10.9. The molecule has 5 aromatic rings. The van der Waals surface area contributed by atoms with E-state index in [0.717, 1.165) is 34.7 Å². The van der Waals surface area contributed by atoms with Gasteiger partial charge >= 0.3 is 6.09 Å². The van der Waals surface area contributed by atoms with Crippen molar-refractivity contribution in [2.45, 2.75) is 53.2 Å². The fourth-order valence-corrected chi connectivity index (χ4v) is 5.49. The van der Waals surface area contributed by atoms with E-state index in [9.17, 15) is 14.4 Å². The quantitative estimate of drug-likeness (QED) is 0.232.